The zero-order valence-corrected chi connectivity index (χ0v) is 19.5. The number of hydrogen-bond acceptors (Lipinski definition) is 5. The summed E-state index contributed by atoms with van der Waals surface area (Å²) in [6.45, 7) is 6.93. The Balaban J connectivity index is 2.15. The molecular formula is C25H27NO5S. The first-order chi connectivity index (χ1) is 15.2. The van der Waals surface area contributed by atoms with Crippen molar-refractivity contribution in [2.24, 2.45) is 0 Å². The average Bonchev–Trinajstić information content (AvgIpc) is 2.76. The number of sulfonamides is 1. The third-order valence-electron chi connectivity index (χ3n) is 5.38. The Morgan fingerprint density at radius 3 is 2.25 bits per heavy atom. The van der Waals surface area contributed by atoms with Crippen LogP contribution in [0.2, 0.25) is 0 Å². The third kappa shape index (κ3) is 4.67. The highest BCUT2D eigenvalue weighted by molar-refractivity contribution is 7.89. The summed E-state index contributed by atoms with van der Waals surface area (Å²) in [6, 6.07) is 14.8. The molecule has 2 aromatic rings. The van der Waals surface area contributed by atoms with Crippen LogP contribution in [0.5, 0.6) is 0 Å². The molecule has 1 atom stereocenters. The van der Waals surface area contributed by atoms with Crippen molar-refractivity contribution in [1.29, 1.82) is 0 Å². The van der Waals surface area contributed by atoms with Crippen molar-refractivity contribution in [3.63, 3.8) is 0 Å². The Bertz CT molecular complexity index is 1180. The van der Waals surface area contributed by atoms with Crippen LogP contribution in [0.15, 0.2) is 82.3 Å². The summed E-state index contributed by atoms with van der Waals surface area (Å²) in [5, 5.41) is 0. The van der Waals surface area contributed by atoms with Gasteiger partial charge >= 0.3 is 5.97 Å². The van der Waals surface area contributed by atoms with Gasteiger partial charge in [0.25, 0.3) is 15.9 Å². The van der Waals surface area contributed by atoms with E-state index in [0.29, 0.717) is 11.1 Å². The topological polar surface area (TPSA) is 80.8 Å². The third-order valence-corrected chi connectivity index (χ3v) is 7.25. The van der Waals surface area contributed by atoms with Crippen LogP contribution in [0.25, 0.3) is 0 Å². The van der Waals surface area contributed by atoms with E-state index in [0.717, 1.165) is 15.4 Å². The fourth-order valence-electron chi connectivity index (χ4n) is 3.68. The minimum absolute atomic E-state index is 0.0260. The lowest BCUT2D eigenvalue weighted by Gasteiger charge is -2.34. The van der Waals surface area contributed by atoms with E-state index in [9.17, 15) is 18.0 Å². The second-order valence-corrected chi connectivity index (χ2v) is 9.55. The molecule has 3 rings (SSSR count). The van der Waals surface area contributed by atoms with E-state index in [2.05, 4.69) is 0 Å². The average molecular weight is 454 g/mol. The van der Waals surface area contributed by atoms with Crippen molar-refractivity contribution in [3.05, 3.63) is 88.5 Å². The van der Waals surface area contributed by atoms with Gasteiger partial charge in [0.05, 0.1) is 17.5 Å². The van der Waals surface area contributed by atoms with Crippen molar-refractivity contribution in [1.82, 2.24) is 4.31 Å². The van der Waals surface area contributed by atoms with Crippen LogP contribution in [0.4, 0.5) is 0 Å². The molecule has 1 heterocycles. The van der Waals surface area contributed by atoms with Crippen LogP contribution in [-0.2, 0) is 30.8 Å². The van der Waals surface area contributed by atoms with Crippen LogP contribution in [0, 0.1) is 6.92 Å². The second-order valence-electron chi connectivity index (χ2n) is 7.74. The zero-order valence-electron chi connectivity index (χ0n) is 18.7. The van der Waals surface area contributed by atoms with Gasteiger partial charge in [0.1, 0.15) is 0 Å². The minimum Gasteiger partial charge on any atom is -0.463 e. The Morgan fingerprint density at radius 1 is 1.03 bits per heavy atom. The first kappa shape index (κ1) is 23.5. The van der Waals surface area contributed by atoms with E-state index in [1.54, 1.807) is 39.0 Å². The molecule has 0 saturated heterocycles. The number of aryl methyl sites for hydroxylation is 1. The molecule has 1 unspecified atom stereocenters. The number of hydrogen-bond donors (Lipinski definition) is 0. The summed E-state index contributed by atoms with van der Waals surface area (Å²) in [5.74, 6) is -1.13. The largest absolute Gasteiger partial charge is 0.463 e. The number of rotatable bonds is 6. The van der Waals surface area contributed by atoms with Crippen molar-refractivity contribution in [3.8, 4) is 0 Å². The number of esters is 1. The van der Waals surface area contributed by atoms with E-state index in [4.69, 9.17) is 4.74 Å². The molecule has 2 aromatic carbocycles. The van der Waals surface area contributed by atoms with Crippen LogP contribution in [-0.4, -0.2) is 37.2 Å². The smallest absolute Gasteiger partial charge is 0.334 e. The summed E-state index contributed by atoms with van der Waals surface area (Å²) >= 11 is 0. The van der Waals surface area contributed by atoms with Gasteiger partial charge in [-0.2, -0.15) is 0 Å². The lowest BCUT2D eigenvalue weighted by atomic mass is 9.92. The molecule has 0 bridgehead atoms. The van der Waals surface area contributed by atoms with Crippen molar-refractivity contribution >= 4 is 21.9 Å². The zero-order chi connectivity index (χ0) is 23.5. The number of benzene rings is 2. The SMILES string of the molecule is CCOC(=O)/C(Cc1ccccc1)=C1/C=C(C)C(=O)N(S(=O)(=O)c2ccc(C)cc2)C1C. The molecule has 0 N–H and O–H groups in total. The van der Waals surface area contributed by atoms with Gasteiger partial charge in [0, 0.05) is 17.6 Å². The molecule has 0 spiro atoms. The summed E-state index contributed by atoms with van der Waals surface area (Å²) in [6.07, 6.45) is 1.86. The van der Waals surface area contributed by atoms with Gasteiger partial charge in [0.15, 0.2) is 0 Å². The van der Waals surface area contributed by atoms with Gasteiger partial charge in [-0.05, 0) is 57.0 Å². The van der Waals surface area contributed by atoms with E-state index < -0.39 is 27.9 Å². The summed E-state index contributed by atoms with van der Waals surface area (Å²) < 4.78 is 33.0. The number of carbonyl (C=O) groups is 2. The van der Waals surface area contributed by atoms with Crippen molar-refractivity contribution in [2.45, 2.75) is 45.1 Å². The van der Waals surface area contributed by atoms with Gasteiger partial charge in [0.2, 0.25) is 0 Å². The van der Waals surface area contributed by atoms with Gasteiger partial charge < -0.3 is 4.74 Å². The Labute approximate surface area is 189 Å². The van der Waals surface area contributed by atoms with Gasteiger partial charge in [-0.15, -0.1) is 0 Å². The number of carbonyl (C=O) groups excluding carboxylic acids is 2. The van der Waals surface area contributed by atoms with E-state index in [1.165, 1.54) is 12.1 Å². The van der Waals surface area contributed by atoms with Gasteiger partial charge in [-0.3, -0.25) is 4.79 Å². The van der Waals surface area contributed by atoms with Crippen molar-refractivity contribution < 1.29 is 22.7 Å². The maximum Gasteiger partial charge on any atom is 0.334 e. The molecule has 0 aromatic heterocycles. The van der Waals surface area contributed by atoms with E-state index >= 15 is 0 Å². The summed E-state index contributed by atoms with van der Waals surface area (Å²) in [5.41, 5.74) is 2.82. The molecule has 0 radical (unpaired) electrons. The number of nitrogens with zero attached hydrogens (tertiary/aromatic N) is 1. The van der Waals surface area contributed by atoms with Crippen LogP contribution >= 0.6 is 0 Å². The highest BCUT2D eigenvalue weighted by Gasteiger charge is 2.40. The Morgan fingerprint density at radius 2 is 1.66 bits per heavy atom. The normalized spacial score (nSPS) is 18.2. The van der Waals surface area contributed by atoms with E-state index in [1.807, 2.05) is 37.3 Å². The van der Waals surface area contributed by atoms with E-state index in [-0.39, 0.29) is 23.5 Å². The van der Waals surface area contributed by atoms with Crippen LogP contribution < -0.4 is 0 Å². The van der Waals surface area contributed by atoms with Crippen molar-refractivity contribution in [2.75, 3.05) is 6.61 Å². The first-order valence-electron chi connectivity index (χ1n) is 10.4. The standard InChI is InChI=1S/C25H27NO5S/c1-5-31-25(28)23(16-20-9-7-6-8-10-20)22-15-18(3)24(27)26(19(22)4)32(29,30)21-13-11-17(2)12-14-21/h6-15,19H,5,16H2,1-4H3/b23-22-. The van der Waals surface area contributed by atoms with Crippen LogP contribution in [0.1, 0.15) is 31.9 Å². The monoisotopic (exact) mass is 453 g/mol. The van der Waals surface area contributed by atoms with Crippen LogP contribution in [0.3, 0.4) is 0 Å². The predicted molar refractivity (Wildman–Crippen MR) is 122 cm³/mol. The molecule has 0 fully saturated rings. The molecule has 1 amide bonds. The maximum atomic E-state index is 13.4. The fourth-order valence-corrected chi connectivity index (χ4v) is 5.28. The molecule has 0 saturated carbocycles. The molecule has 1 aliphatic heterocycles. The predicted octanol–water partition coefficient (Wildman–Crippen LogP) is 3.96. The molecule has 7 heteroatoms. The molecule has 32 heavy (non-hydrogen) atoms. The maximum absolute atomic E-state index is 13.4. The molecule has 0 aliphatic carbocycles. The quantitative estimate of drug-likeness (QED) is 0.488. The number of ether oxygens (including phenoxy) is 1. The Hall–Kier alpha value is -3.19. The highest BCUT2D eigenvalue weighted by atomic mass is 32.2. The Kier molecular flexibility index (Phi) is 6.99. The highest BCUT2D eigenvalue weighted by Crippen LogP contribution is 2.32. The summed E-state index contributed by atoms with van der Waals surface area (Å²) in [7, 11) is -4.13. The number of amides is 1. The minimum atomic E-state index is -4.13. The van der Waals surface area contributed by atoms with Gasteiger partial charge in [-0.1, -0.05) is 48.0 Å². The molecular weight excluding hydrogens is 426 g/mol. The summed E-state index contributed by atoms with van der Waals surface area (Å²) in [4.78, 5) is 25.9. The lowest BCUT2D eigenvalue weighted by molar-refractivity contribution is -0.138. The molecule has 6 nitrogen and oxygen atoms in total. The molecule has 1 aliphatic rings. The lowest BCUT2D eigenvalue weighted by Crippen LogP contribution is -2.47. The second kappa shape index (κ2) is 9.53. The van der Waals surface area contributed by atoms with Gasteiger partial charge in [-0.25, -0.2) is 17.5 Å². The fraction of sp³-hybridized carbons (Fsp3) is 0.280. The molecule has 168 valence electrons. The first-order valence-corrected chi connectivity index (χ1v) is 11.9.